The average molecular weight is 731 g/mol. The van der Waals surface area contributed by atoms with Crippen molar-refractivity contribution in [3.63, 3.8) is 0 Å². The molecule has 6 aromatic rings. The molecule has 53 heavy (non-hydrogen) atoms. The van der Waals surface area contributed by atoms with Crippen LogP contribution in [0.1, 0.15) is 45.2 Å². The molecule has 4 aliphatic heterocycles. The van der Waals surface area contributed by atoms with Gasteiger partial charge >= 0.3 is 0 Å². The number of carbonyl (C=O) groups is 2. The highest BCUT2D eigenvalue weighted by Gasteiger charge is 2.29. The van der Waals surface area contributed by atoms with Crippen LogP contribution in [-0.2, 0) is 12.8 Å². The second-order valence-electron chi connectivity index (χ2n) is 14.0. The zero-order valence-electron chi connectivity index (χ0n) is 30.1. The molecule has 2 aromatic carbocycles. The summed E-state index contributed by atoms with van der Waals surface area (Å²) in [5.74, 6) is 3.53. The Morgan fingerprint density at radius 1 is 0.585 bits per heavy atom. The lowest BCUT2D eigenvalue weighted by Crippen LogP contribution is -2.30. The van der Waals surface area contributed by atoms with Crippen molar-refractivity contribution in [2.75, 3.05) is 71.4 Å². The van der Waals surface area contributed by atoms with Gasteiger partial charge in [0.2, 0.25) is 11.6 Å². The lowest BCUT2D eigenvalue weighted by Gasteiger charge is -2.24. The summed E-state index contributed by atoms with van der Waals surface area (Å²) in [5, 5.41) is 3.75. The zero-order chi connectivity index (χ0) is 36.5. The van der Waals surface area contributed by atoms with Crippen LogP contribution in [0.3, 0.4) is 0 Å². The SMILES string of the molecule is CN1CCCN(c2ccc3c(n2)-n2c(nc4ccccc42)C(=O)C3)CC1.CN1CCCNCC1.O=C1Cc2ccc(Cl)nc2-n2c1nc1ccccc12. The van der Waals surface area contributed by atoms with Gasteiger partial charge in [-0.3, -0.25) is 18.7 Å². The molecule has 272 valence electrons. The summed E-state index contributed by atoms with van der Waals surface area (Å²) in [6.07, 6.45) is 3.13. The predicted molar refractivity (Wildman–Crippen MR) is 208 cm³/mol. The molecule has 0 atom stereocenters. The number of aromatic nitrogens is 6. The lowest BCUT2D eigenvalue weighted by molar-refractivity contribution is 0.0969. The molecular formula is C40H43ClN10O2. The van der Waals surface area contributed by atoms with Crippen molar-refractivity contribution in [3.05, 3.63) is 101 Å². The maximum Gasteiger partial charge on any atom is 0.203 e. The smallest absolute Gasteiger partial charge is 0.203 e. The lowest BCUT2D eigenvalue weighted by atomic mass is 10.1. The third-order valence-electron chi connectivity index (χ3n) is 10.2. The fourth-order valence-electron chi connectivity index (χ4n) is 7.38. The Labute approximate surface area is 313 Å². The van der Waals surface area contributed by atoms with E-state index in [4.69, 9.17) is 16.6 Å². The first kappa shape index (κ1) is 35.0. The number of ketones is 2. The molecule has 0 saturated carbocycles. The van der Waals surface area contributed by atoms with Crippen LogP contribution in [0.25, 0.3) is 33.7 Å². The number of Topliss-reactive ketones (excluding diaryl/α,β-unsaturated/α-hetero) is 2. The Morgan fingerprint density at radius 2 is 1.17 bits per heavy atom. The van der Waals surface area contributed by atoms with Crippen LogP contribution in [0, 0.1) is 0 Å². The molecule has 13 heteroatoms. The summed E-state index contributed by atoms with van der Waals surface area (Å²) in [7, 11) is 4.34. The van der Waals surface area contributed by atoms with E-state index < -0.39 is 0 Å². The van der Waals surface area contributed by atoms with E-state index in [2.05, 4.69) is 61.2 Å². The summed E-state index contributed by atoms with van der Waals surface area (Å²) in [6.45, 7) is 8.96. The second kappa shape index (κ2) is 15.2. The maximum atomic E-state index is 12.6. The fraction of sp³-hybridized carbons (Fsp3) is 0.350. The number of carbonyl (C=O) groups excluding carboxylic acids is 2. The number of nitrogens with one attached hydrogen (secondary N) is 1. The molecule has 8 heterocycles. The van der Waals surface area contributed by atoms with E-state index in [0.29, 0.717) is 35.5 Å². The van der Waals surface area contributed by atoms with Crippen molar-refractivity contribution in [1.82, 2.24) is 44.2 Å². The summed E-state index contributed by atoms with van der Waals surface area (Å²) in [4.78, 5) is 50.1. The Balaban J connectivity index is 0.000000129. The highest BCUT2D eigenvalue weighted by Crippen LogP contribution is 2.31. The molecule has 0 amide bonds. The van der Waals surface area contributed by atoms with Gasteiger partial charge in [0.05, 0.1) is 22.1 Å². The molecule has 4 aliphatic rings. The number of imidazole rings is 2. The molecule has 4 aromatic heterocycles. The minimum absolute atomic E-state index is 0.00724. The molecule has 0 unspecified atom stereocenters. The first-order chi connectivity index (χ1) is 25.8. The number of benzene rings is 2. The summed E-state index contributed by atoms with van der Waals surface area (Å²) in [5.41, 5.74) is 5.30. The van der Waals surface area contributed by atoms with Gasteiger partial charge in [0.15, 0.2) is 11.6 Å². The van der Waals surface area contributed by atoms with Gasteiger partial charge in [0.1, 0.15) is 22.6 Å². The number of hydrogen-bond acceptors (Lipinski definition) is 10. The predicted octanol–water partition coefficient (Wildman–Crippen LogP) is 5.03. The summed E-state index contributed by atoms with van der Waals surface area (Å²) >= 11 is 5.97. The third-order valence-corrected chi connectivity index (χ3v) is 10.4. The van der Waals surface area contributed by atoms with Crippen LogP contribution in [0.5, 0.6) is 0 Å². The second-order valence-corrected chi connectivity index (χ2v) is 14.4. The van der Waals surface area contributed by atoms with Crippen molar-refractivity contribution in [2.24, 2.45) is 0 Å². The molecule has 10 rings (SSSR count). The van der Waals surface area contributed by atoms with Gasteiger partial charge in [0, 0.05) is 56.7 Å². The molecule has 0 bridgehead atoms. The number of pyridine rings is 2. The number of fused-ring (bicyclic) bond motifs is 10. The molecule has 2 fully saturated rings. The molecule has 2 saturated heterocycles. The van der Waals surface area contributed by atoms with E-state index in [1.54, 1.807) is 10.6 Å². The normalized spacial score (nSPS) is 17.4. The van der Waals surface area contributed by atoms with Crippen molar-refractivity contribution >= 4 is 51.1 Å². The monoisotopic (exact) mass is 730 g/mol. The molecule has 0 aliphatic carbocycles. The first-order valence-corrected chi connectivity index (χ1v) is 18.7. The van der Waals surface area contributed by atoms with E-state index in [1.165, 1.54) is 26.1 Å². The maximum absolute atomic E-state index is 12.6. The highest BCUT2D eigenvalue weighted by atomic mass is 35.5. The minimum Gasteiger partial charge on any atom is -0.355 e. The molecule has 1 N–H and O–H groups in total. The van der Waals surface area contributed by atoms with Gasteiger partial charge in [-0.25, -0.2) is 19.9 Å². The van der Waals surface area contributed by atoms with Crippen LogP contribution in [0.15, 0.2) is 72.8 Å². The Kier molecular flexibility index (Phi) is 10.0. The van der Waals surface area contributed by atoms with Crippen molar-refractivity contribution in [3.8, 4) is 11.6 Å². The standard InChI is InChI=1S/C20H21N5O.C14H8ClN3O.C6H14N2/c1-23-9-4-10-24(12-11-23)18-8-7-14-13-17(26)20-21-15-5-2-3-6-16(15)25(20)19(14)22-18;15-12-6-5-8-7-11(19)14-16-9-3-1-2-4-10(9)18(14)13(8)17-12;1-8-5-2-3-7-4-6-8/h2-3,5-8H,4,9-13H2,1H3;1-6H,7H2;7H,2-6H2,1H3. The van der Waals surface area contributed by atoms with Gasteiger partial charge in [-0.15, -0.1) is 0 Å². The largest absolute Gasteiger partial charge is 0.355 e. The third kappa shape index (κ3) is 7.19. The summed E-state index contributed by atoms with van der Waals surface area (Å²) < 4.78 is 3.73. The molecular weight excluding hydrogens is 688 g/mol. The number of nitrogens with zero attached hydrogens (tertiary/aromatic N) is 9. The van der Waals surface area contributed by atoms with Crippen molar-refractivity contribution in [1.29, 1.82) is 0 Å². The van der Waals surface area contributed by atoms with Gasteiger partial charge in [-0.05, 0) is 83.0 Å². The zero-order valence-corrected chi connectivity index (χ0v) is 30.9. The van der Waals surface area contributed by atoms with E-state index in [0.717, 1.165) is 84.0 Å². The average Bonchev–Trinajstić information content (AvgIpc) is 3.57. The van der Waals surface area contributed by atoms with Gasteiger partial charge in [0.25, 0.3) is 0 Å². The van der Waals surface area contributed by atoms with E-state index in [-0.39, 0.29) is 11.6 Å². The van der Waals surface area contributed by atoms with Crippen molar-refractivity contribution < 1.29 is 9.59 Å². The van der Waals surface area contributed by atoms with Crippen molar-refractivity contribution in [2.45, 2.75) is 25.7 Å². The Bertz CT molecular complexity index is 2310. The van der Waals surface area contributed by atoms with Crippen LogP contribution in [-0.4, -0.2) is 117 Å². The Hall–Kier alpha value is -5.01. The first-order valence-electron chi connectivity index (χ1n) is 18.3. The number of rotatable bonds is 1. The topological polar surface area (TPSA) is 117 Å². The van der Waals surface area contributed by atoms with E-state index >= 15 is 0 Å². The van der Waals surface area contributed by atoms with Gasteiger partial charge in [-0.1, -0.05) is 48.0 Å². The van der Waals surface area contributed by atoms with Crippen LogP contribution >= 0.6 is 11.6 Å². The molecule has 0 spiro atoms. The van der Waals surface area contributed by atoms with E-state index in [1.807, 2.05) is 59.2 Å². The number of halogens is 1. The van der Waals surface area contributed by atoms with Gasteiger partial charge < -0.3 is 20.0 Å². The number of hydrogen-bond donors (Lipinski definition) is 1. The Morgan fingerprint density at radius 3 is 1.85 bits per heavy atom. The van der Waals surface area contributed by atoms with Gasteiger partial charge in [-0.2, -0.15) is 0 Å². The number of para-hydroxylation sites is 4. The molecule has 12 nitrogen and oxygen atoms in total. The van der Waals surface area contributed by atoms with Crippen LogP contribution in [0.4, 0.5) is 5.82 Å². The number of anilines is 1. The number of likely N-dealkylation sites (N-methyl/N-ethyl adjacent to an activating group) is 2. The minimum atomic E-state index is 0.00724. The van der Waals surface area contributed by atoms with Crippen LogP contribution in [0.2, 0.25) is 5.15 Å². The quantitative estimate of drug-likeness (QED) is 0.231. The van der Waals surface area contributed by atoms with Crippen LogP contribution < -0.4 is 10.2 Å². The summed E-state index contributed by atoms with van der Waals surface area (Å²) in [6, 6.07) is 23.2. The molecule has 0 radical (unpaired) electrons. The van der Waals surface area contributed by atoms with E-state index in [9.17, 15) is 9.59 Å². The fourth-order valence-corrected chi connectivity index (χ4v) is 7.52. The highest BCUT2D eigenvalue weighted by molar-refractivity contribution is 6.29.